The first-order valence-corrected chi connectivity index (χ1v) is 18.9. The van der Waals surface area contributed by atoms with Gasteiger partial charge in [-0.3, -0.25) is 0 Å². The second-order valence-corrected chi connectivity index (χ2v) is 17.7. The number of carbonyl (C=O) groups excluding carboxylic acids is 1. The van der Waals surface area contributed by atoms with E-state index in [4.69, 9.17) is 17.1 Å². The van der Waals surface area contributed by atoms with E-state index in [0.29, 0.717) is 5.75 Å². The number of rotatable bonds is 11. The van der Waals surface area contributed by atoms with Crippen molar-refractivity contribution in [1.29, 1.82) is 0 Å². The third kappa shape index (κ3) is 10.9. The molecule has 0 unspecified atom stereocenters. The summed E-state index contributed by atoms with van der Waals surface area (Å²) in [7, 11) is -6.33. The summed E-state index contributed by atoms with van der Waals surface area (Å²) in [4.78, 5) is 11.3. The molecule has 0 rings (SSSR count). The SMILES string of the molecule is C=COC(=O)SCCC[Si](O[SiH](C)C)(O[SiH](C)C)O[SiH](C)C. The molecule has 0 heterocycles. The van der Waals surface area contributed by atoms with Crippen LogP contribution in [-0.4, -0.2) is 47.0 Å². The van der Waals surface area contributed by atoms with Gasteiger partial charge in [-0.05, 0) is 57.5 Å². The number of thioether (sulfide) groups is 1. The van der Waals surface area contributed by atoms with Gasteiger partial charge in [0.05, 0.1) is 6.26 Å². The molecular formula is C12H30O5SSi4. The number of hydrogen-bond acceptors (Lipinski definition) is 6. The van der Waals surface area contributed by atoms with Gasteiger partial charge in [-0.2, -0.15) is 0 Å². The molecule has 0 saturated carbocycles. The minimum atomic E-state index is -2.58. The molecule has 0 aliphatic carbocycles. The molecule has 0 bridgehead atoms. The highest BCUT2D eigenvalue weighted by Crippen LogP contribution is 2.23. The Morgan fingerprint density at radius 1 is 1.05 bits per heavy atom. The minimum absolute atomic E-state index is 0.320. The van der Waals surface area contributed by atoms with Gasteiger partial charge in [0.25, 0.3) is 0 Å². The minimum Gasteiger partial charge on any atom is -0.427 e. The maximum absolute atomic E-state index is 11.3. The van der Waals surface area contributed by atoms with Gasteiger partial charge in [-0.15, -0.1) is 0 Å². The van der Waals surface area contributed by atoms with Crippen molar-refractivity contribution in [1.82, 2.24) is 0 Å². The third-order valence-electron chi connectivity index (χ3n) is 2.27. The van der Waals surface area contributed by atoms with Crippen molar-refractivity contribution in [3.05, 3.63) is 12.8 Å². The summed E-state index contributed by atoms with van der Waals surface area (Å²) in [6.07, 6.45) is 1.98. The van der Waals surface area contributed by atoms with Gasteiger partial charge >= 0.3 is 14.1 Å². The molecule has 22 heavy (non-hydrogen) atoms. The fourth-order valence-corrected chi connectivity index (χ4v) is 15.5. The lowest BCUT2D eigenvalue weighted by Crippen LogP contribution is -2.53. The molecular weight excluding hydrogens is 369 g/mol. The fourth-order valence-electron chi connectivity index (χ4n) is 1.88. The van der Waals surface area contributed by atoms with E-state index in [1.807, 2.05) is 0 Å². The van der Waals surface area contributed by atoms with Crippen molar-refractivity contribution in [3.63, 3.8) is 0 Å². The Hall–Kier alpha value is 0.308. The zero-order chi connectivity index (χ0) is 17.2. The molecule has 5 nitrogen and oxygen atoms in total. The molecule has 10 heteroatoms. The number of ether oxygens (including phenoxy) is 1. The lowest BCUT2D eigenvalue weighted by Gasteiger charge is -2.35. The molecule has 0 aromatic rings. The summed E-state index contributed by atoms with van der Waals surface area (Å²) < 4.78 is 23.5. The second-order valence-electron chi connectivity index (χ2n) is 5.67. The Bertz CT molecular complexity index is 315. The molecule has 0 aromatic heterocycles. The molecule has 0 aliphatic rings. The van der Waals surface area contributed by atoms with Crippen molar-refractivity contribution >= 4 is 53.0 Å². The lowest BCUT2D eigenvalue weighted by atomic mass is 10.6. The van der Waals surface area contributed by atoms with E-state index < -0.39 is 35.9 Å². The molecule has 0 spiro atoms. The molecule has 0 N–H and O–H groups in total. The highest BCUT2D eigenvalue weighted by atomic mass is 32.2. The van der Waals surface area contributed by atoms with Gasteiger partial charge in [-0.25, -0.2) is 4.79 Å². The first kappa shape index (κ1) is 22.3. The van der Waals surface area contributed by atoms with Crippen LogP contribution in [0.2, 0.25) is 45.3 Å². The topological polar surface area (TPSA) is 54.0 Å². The van der Waals surface area contributed by atoms with E-state index in [9.17, 15) is 4.79 Å². The summed E-state index contributed by atoms with van der Waals surface area (Å²) in [6, 6.07) is 0.781. The van der Waals surface area contributed by atoms with Crippen molar-refractivity contribution in [2.75, 3.05) is 5.75 Å². The van der Waals surface area contributed by atoms with Crippen molar-refractivity contribution in [2.24, 2.45) is 0 Å². The predicted molar refractivity (Wildman–Crippen MR) is 104 cm³/mol. The summed E-state index contributed by atoms with van der Waals surface area (Å²) in [5.41, 5.74) is 0. The Kier molecular flexibility index (Phi) is 11.9. The quantitative estimate of drug-likeness (QED) is 0.230. The van der Waals surface area contributed by atoms with Gasteiger partial charge < -0.3 is 17.1 Å². The van der Waals surface area contributed by atoms with E-state index in [1.165, 1.54) is 0 Å². The van der Waals surface area contributed by atoms with E-state index in [-0.39, 0.29) is 5.30 Å². The highest BCUT2D eigenvalue weighted by molar-refractivity contribution is 8.13. The number of carbonyl (C=O) groups is 1. The third-order valence-corrected chi connectivity index (χ3v) is 14.0. The molecule has 130 valence electrons. The average Bonchev–Trinajstić information content (AvgIpc) is 2.32. The van der Waals surface area contributed by atoms with Crippen LogP contribution in [0, 0.1) is 0 Å². The summed E-state index contributed by atoms with van der Waals surface area (Å²) >= 11 is 1.16. The molecule has 0 aliphatic heterocycles. The fraction of sp³-hybridized carbons (Fsp3) is 0.750. The van der Waals surface area contributed by atoms with Crippen LogP contribution in [0.4, 0.5) is 4.79 Å². The zero-order valence-corrected chi connectivity index (χ0v) is 19.9. The molecule has 0 aromatic carbocycles. The van der Waals surface area contributed by atoms with Gasteiger partial charge in [0, 0.05) is 11.8 Å². The smallest absolute Gasteiger partial charge is 0.427 e. The van der Waals surface area contributed by atoms with Crippen LogP contribution in [0.25, 0.3) is 0 Å². The van der Waals surface area contributed by atoms with Crippen LogP contribution in [0.1, 0.15) is 6.42 Å². The van der Waals surface area contributed by atoms with Crippen LogP contribution < -0.4 is 0 Å². The van der Waals surface area contributed by atoms with Crippen LogP contribution in [0.5, 0.6) is 0 Å². The standard InChI is InChI=1S/C12H30O5SSi4/c1-8-14-12(13)18-10-9-11-22(15-19(2)3,16-20(4)5)17-21(6)7/h8,19-21H,1,9-11H2,2-7H3. The average molecular weight is 399 g/mol. The van der Waals surface area contributed by atoms with Crippen LogP contribution in [-0.2, 0) is 17.1 Å². The van der Waals surface area contributed by atoms with Crippen LogP contribution in [0.3, 0.4) is 0 Å². The van der Waals surface area contributed by atoms with Crippen LogP contribution in [0.15, 0.2) is 12.8 Å². The Balaban J connectivity index is 4.66. The lowest BCUT2D eigenvalue weighted by molar-refractivity contribution is 0.214. The molecule has 0 radical (unpaired) electrons. The highest BCUT2D eigenvalue weighted by Gasteiger charge is 2.42. The van der Waals surface area contributed by atoms with Crippen molar-refractivity contribution in [2.45, 2.75) is 51.7 Å². The molecule has 0 atom stereocenters. The Labute approximate surface area is 145 Å². The summed E-state index contributed by atoms with van der Waals surface area (Å²) in [5.74, 6) is 0.677. The van der Waals surface area contributed by atoms with Crippen molar-refractivity contribution < 1.29 is 21.9 Å². The summed E-state index contributed by atoms with van der Waals surface area (Å²) in [6.45, 7) is 16.3. The normalized spacial score (nSPS) is 12.2. The molecule has 0 amide bonds. The second kappa shape index (κ2) is 11.8. The van der Waals surface area contributed by atoms with Gasteiger partial charge in [0.15, 0.2) is 27.1 Å². The van der Waals surface area contributed by atoms with E-state index in [1.54, 1.807) is 0 Å². The van der Waals surface area contributed by atoms with Crippen molar-refractivity contribution in [3.8, 4) is 0 Å². The first-order chi connectivity index (χ1) is 10.2. The van der Waals surface area contributed by atoms with E-state index >= 15 is 0 Å². The van der Waals surface area contributed by atoms with E-state index in [2.05, 4.69) is 45.9 Å². The predicted octanol–water partition coefficient (Wildman–Crippen LogP) is 3.33. The Morgan fingerprint density at radius 2 is 1.50 bits per heavy atom. The summed E-state index contributed by atoms with van der Waals surface area (Å²) in [5, 5.41) is -0.320. The largest absolute Gasteiger partial charge is 0.468 e. The number of hydrogen-bond donors (Lipinski definition) is 0. The van der Waals surface area contributed by atoms with Gasteiger partial charge in [0.2, 0.25) is 0 Å². The zero-order valence-electron chi connectivity index (χ0n) is 14.6. The van der Waals surface area contributed by atoms with Gasteiger partial charge in [0.1, 0.15) is 0 Å². The first-order valence-electron chi connectivity index (χ1n) is 7.68. The monoisotopic (exact) mass is 398 g/mol. The maximum atomic E-state index is 11.3. The van der Waals surface area contributed by atoms with Crippen LogP contribution >= 0.6 is 11.8 Å². The maximum Gasteiger partial charge on any atom is 0.468 e. The van der Waals surface area contributed by atoms with Gasteiger partial charge in [-0.1, -0.05) is 6.58 Å². The van der Waals surface area contributed by atoms with E-state index in [0.717, 1.165) is 30.5 Å². The molecule has 0 fully saturated rings. The Morgan fingerprint density at radius 3 is 1.86 bits per heavy atom. The molecule has 0 saturated heterocycles.